The molecule has 0 amide bonds. The van der Waals surface area contributed by atoms with Crippen molar-refractivity contribution in [2.45, 2.75) is 52.4 Å². The van der Waals surface area contributed by atoms with Gasteiger partial charge < -0.3 is 15.4 Å². The van der Waals surface area contributed by atoms with Gasteiger partial charge >= 0.3 is 5.97 Å². The zero-order chi connectivity index (χ0) is 16.9. The molecule has 0 aromatic heterocycles. The van der Waals surface area contributed by atoms with Gasteiger partial charge in [0, 0.05) is 5.69 Å². The highest BCUT2D eigenvalue weighted by molar-refractivity contribution is 7.80. The molecule has 0 saturated carbocycles. The van der Waals surface area contributed by atoms with Crippen LogP contribution in [0.4, 0.5) is 5.69 Å². The lowest BCUT2D eigenvalue weighted by atomic mass is 10.1. The van der Waals surface area contributed by atoms with Crippen molar-refractivity contribution in [3.8, 4) is 0 Å². The Hall–Kier alpha value is -1.62. The minimum absolute atomic E-state index is 0.0898. The summed E-state index contributed by atoms with van der Waals surface area (Å²) in [5.41, 5.74) is 2.24. The van der Waals surface area contributed by atoms with Gasteiger partial charge in [0.05, 0.1) is 6.61 Å². The van der Waals surface area contributed by atoms with E-state index in [1.807, 2.05) is 12.1 Å². The molecule has 23 heavy (non-hydrogen) atoms. The summed E-state index contributed by atoms with van der Waals surface area (Å²) in [6.07, 6.45) is 6.60. The van der Waals surface area contributed by atoms with E-state index in [1.165, 1.54) is 18.4 Å². The van der Waals surface area contributed by atoms with Crippen LogP contribution in [-0.2, 0) is 16.0 Å². The molecule has 0 heterocycles. The molecule has 128 valence electrons. The Balaban J connectivity index is 2.24. The first kappa shape index (κ1) is 19.4. The predicted octanol–water partition coefficient (Wildman–Crippen LogP) is 4.05. The van der Waals surface area contributed by atoms with Gasteiger partial charge in [0.25, 0.3) is 0 Å². The Kier molecular flexibility index (Phi) is 10.0. The van der Waals surface area contributed by atoms with Crippen molar-refractivity contribution in [1.29, 1.82) is 0 Å². The first-order valence-electron chi connectivity index (χ1n) is 8.45. The number of ether oxygens (including phenoxy) is 1. The van der Waals surface area contributed by atoms with Gasteiger partial charge in [0.15, 0.2) is 5.11 Å². The number of thiocarbonyl (C=S) groups is 1. The largest absolute Gasteiger partial charge is 0.464 e. The van der Waals surface area contributed by atoms with E-state index >= 15 is 0 Å². The summed E-state index contributed by atoms with van der Waals surface area (Å²) in [5.74, 6) is -0.278. The molecular weight excluding hydrogens is 308 g/mol. The maximum atomic E-state index is 11.5. The van der Waals surface area contributed by atoms with E-state index in [-0.39, 0.29) is 12.5 Å². The Morgan fingerprint density at radius 3 is 2.43 bits per heavy atom. The molecule has 4 nitrogen and oxygen atoms in total. The van der Waals surface area contributed by atoms with Crippen molar-refractivity contribution in [2.75, 3.05) is 18.5 Å². The van der Waals surface area contributed by atoms with Crippen LogP contribution < -0.4 is 10.6 Å². The summed E-state index contributed by atoms with van der Waals surface area (Å²) in [5, 5.41) is 6.36. The molecule has 0 aliphatic heterocycles. The smallest absolute Gasteiger partial charge is 0.325 e. The molecule has 1 aromatic carbocycles. The lowest BCUT2D eigenvalue weighted by Crippen LogP contribution is -2.34. The number of unbranched alkanes of at least 4 members (excludes halogenated alkanes) is 3. The van der Waals surface area contributed by atoms with Gasteiger partial charge in [-0.2, -0.15) is 0 Å². The third kappa shape index (κ3) is 9.18. The Labute approximate surface area is 145 Å². The number of esters is 1. The van der Waals surface area contributed by atoms with Crippen LogP contribution in [-0.4, -0.2) is 24.2 Å². The van der Waals surface area contributed by atoms with E-state index in [4.69, 9.17) is 17.0 Å². The maximum Gasteiger partial charge on any atom is 0.325 e. The molecule has 0 radical (unpaired) electrons. The van der Waals surface area contributed by atoms with E-state index in [1.54, 1.807) is 0 Å². The molecular formula is C18H28N2O2S. The molecule has 0 saturated heterocycles. The fraction of sp³-hybridized carbons (Fsp3) is 0.556. The van der Waals surface area contributed by atoms with Gasteiger partial charge in [0.2, 0.25) is 0 Å². The van der Waals surface area contributed by atoms with Crippen molar-refractivity contribution in [3.63, 3.8) is 0 Å². The third-order valence-electron chi connectivity index (χ3n) is 3.44. The van der Waals surface area contributed by atoms with Crippen LogP contribution in [0.2, 0.25) is 0 Å². The molecule has 0 unspecified atom stereocenters. The van der Waals surface area contributed by atoms with Crippen molar-refractivity contribution in [2.24, 2.45) is 0 Å². The minimum atomic E-state index is -0.278. The van der Waals surface area contributed by atoms with Crippen LogP contribution in [0.3, 0.4) is 0 Å². The topological polar surface area (TPSA) is 50.4 Å². The number of hydrogen-bond donors (Lipinski definition) is 2. The second-order valence-corrected chi connectivity index (χ2v) is 5.94. The van der Waals surface area contributed by atoms with Crippen molar-refractivity contribution >= 4 is 29.0 Å². The van der Waals surface area contributed by atoms with Gasteiger partial charge in [0.1, 0.15) is 6.54 Å². The van der Waals surface area contributed by atoms with Crippen LogP contribution in [0.25, 0.3) is 0 Å². The zero-order valence-electron chi connectivity index (χ0n) is 14.2. The number of nitrogens with one attached hydrogen (secondary N) is 2. The van der Waals surface area contributed by atoms with Gasteiger partial charge in [-0.1, -0.05) is 45.2 Å². The van der Waals surface area contributed by atoms with Crippen molar-refractivity contribution in [3.05, 3.63) is 29.8 Å². The van der Waals surface area contributed by atoms with Gasteiger partial charge in [-0.25, -0.2) is 0 Å². The van der Waals surface area contributed by atoms with Crippen molar-refractivity contribution in [1.82, 2.24) is 5.32 Å². The molecule has 5 heteroatoms. The number of anilines is 1. The molecule has 0 aliphatic carbocycles. The second-order valence-electron chi connectivity index (χ2n) is 5.54. The maximum absolute atomic E-state index is 11.5. The Morgan fingerprint density at radius 1 is 1.09 bits per heavy atom. The fourth-order valence-electron chi connectivity index (χ4n) is 2.05. The third-order valence-corrected chi connectivity index (χ3v) is 3.68. The van der Waals surface area contributed by atoms with E-state index in [0.29, 0.717) is 11.7 Å². The monoisotopic (exact) mass is 336 g/mol. The summed E-state index contributed by atoms with van der Waals surface area (Å²) in [4.78, 5) is 11.5. The van der Waals surface area contributed by atoms with Gasteiger partial charge in [-0.15, -0.1) is 0 Å². The average Bonchev–Trinajstić information content (AvgIpc) is 2.56. The number of rotatable bonds is 10. The standard InChI is InChI=1S/C18H28N2O2S/c1-3-5-7-13-22-17(21)14-19-18(23)20-16-11-9-15(10-12-16)8-6-4-2/h9-12H,3-8,13-14H2,1-2H3,(H2,19,20,23). The molecule has 0 spiro atoms. The first-order chi connectivity index (χ1) is 11.2. The number of carbonyl (C=O) groups is 1. The molecule has 0 fully saturated rings. The van der Waals surface area contributed by atoms with Crippen LogP contribution in [0.5, 0.6) is 0 Å². The number of aryl methyl sites for hydroxylation is 1. The number of benzene rings is 1. The highest BCUT2D eigenvalue weighted by Gasteiger charge is 2.04. The Bertz CT molecular complexity index is 474. The van der Waals surface area contributed by atoms with Crippen LogP contribution >= 0.6 is 12.2 Å². The zero-order valence-corrected chi connectivity index (χ0v) is 15.0. The SMILES string of the molecule is CCCCCOC(=O)CNC(=S)Nc1ccc(CCCC)cc1. The minimum Gasteiger partial charge on any atom is -0.464 e. The summed E-state index contributed by atoms with van der Waals surface area (Å²) >= 11 is 5.18. The molecule has 0 aliphatic rings. The van der Waals surface area contributed by atoms with Gasteiger partial charge in [-0.3, -0.25) is 4.79 Å². The van der Waals surface area contributed by atoms with E-state index in [2.05, 4.69) is 36.6 Å². The molecule has 0 bridgehead atoms. The first-order valence-corrected chi connectivity index (χ1v) is 8.86. The van der Waals surface area contributed by atoms with E-state index in [0.717, 1.165) is 31.4 Å². The summed E-state index contributed by atoms with van der Waals surface area (Å²) < 4.78 is 5.11. The summed E-state index contributed by atoms with van der Waals surface area (Å²) in [6, 6.07) is 8.20. The number of carbonyl (C=O) groups excluding carboxylic acids is 1. The average molecular weight is 337 g/mol. The quantitative estimate of drug-likeness (QED) is 0.383. The van der Waals surface area contributed by atoms with E-state index < -0.39 is 0 Å². The summed E-state index contributed by atoms with van der Waals surface area (Å²) in [6.45, 7) is 4.87. The normalized spacial score (nSPS) is 10.2. The molecule has 1 aromatic rings. The molecule has 1 rings (SSSR count). The second kappa shape index (κ2) is 11.9. The van der Waals surface area contributed by atoms with Gasteiger partial charge in [-0.05, 0) is 49.2 Å². The summed E-state index contributed by atoms with van der Waals surface area (Å²) in [7, 11) is 0. The van der Waals surface area contributed by atoms with Crippen LogP contribution in [0.15, 0.2) is 24.3 Å². The fourth-order valence-corrected chi connectivity index (χ4v) is 2.24. The van der Waals surface area contributed by atoms with Crippen molar-refractivity contribution < 1.29 is 9.53 Å². The lowest BCUT2D eigenvalue weighted by molar-refractivity contribution is -0.142. The van der Waals surface area contributed by atoms with Crippen LogP contribution in [0.1, 0.15) is 51.5 Å². The van der Waals surface area contributed by atoms with E-state index in [9.17, 15) is 4.79 Å². The molecule has 0 atom stereocenters. The Morgan fingerprint density at radius 2 is 1.78 bits per heavy atom. The highest BCUT2D eigenvalue weighted by Crippen LogP contribution is 2.11. The lowest BCUT2D eigenvalue weighted by Gasteiger charge is -2.11. The highest BCUT2D eigenvalue weighted by atomic mass is 32.1. The molecule has 2 N–H and O–H groups in total. The predicted molar refractivity (Wildman–Crippen MR) is 99.8 cm³/mol. The number of hydrogen-bond acceptors (Lipinski definition) is 3. The van der Waals surface area contributed by atoms with Crippen LogP contribution in [0, 0.1) is 0 Å².